The van der Waals surface area contributed by atoms with Gasteiger partial charge < -0.3 is 10.2 Å². The van der Waals surface area contributed by atoms with Crippen LogP contribution in [-0.4, -0.2) is 37.1 Å². The van der Waals surface area contributed by atoms with Gasteiger partial charge >= 0.3 is 0 Å². The monoisotopic (exact) mass is 246 g/mol. The molecule has 2 heteroatoms. The van der Waals surface area contributed by atoms with Crippen LogP contribution in [0.3, 0.4) is 0 Å². The molecule has 0 aliphatic carbocycles. The number of rotatable bonds is 7. The second kappa shape index (κ2) is 7.55. The Morgan fingerprint density at radius 2 is 2.11 bits per heavy atom. The maximum absolute atomic E-state index is 3.67. The molecule has 1 unspecified atom stereocenters. The average molecular weight is 246 g/mol. The first-order valence-electron chi connectivity index (χ1n) is 7.38. The van der Waals surface area contributed by atoms with Gasteiger partial charge in [-0.15, -0.1) is 0 Å². The fraction of sp³-hybridized carbons (Fsp3) is 0.625. The molecule has 100 valence electrons. The summed E-state index contributed by atoms with van der Waals surface area (Å²) in [6, 6.07) is 11.5. The first-order chi connectivity index (χ1) is 8.88. The van der Waals surface area contributed by atoms with Crippen LogP contribution in [0.25, 0.3) is 0 Å². The molecule has 1 atom stereocenters. The first-order valence-corrected chi connectivity index (χ1v) is 7.38. The molecule has 2 nitrogen and oxygen atoms in total. The predicted octanol–water partition coefficient (Wildman–Crippen LogP) is 2.69. The Bertz CT molecular complexity index is 323. The molecule has 2 rings (SSSR count). The van der Waals surface area contributed by atoms with Gasteiger partial charge in [0.2, 0.25) is 0 Å². The highest BCUT2D eigenvalue weighted by Crippen LogP contribution is 2.10. The number of nitrogens with zero attached hydrogens (tertiary/aromatic N) is 1. The molecule has 1 fully saturated rings. The molecule has 0 radical (unpaired) electrons. The molecule has 0 saturated carbocycles. The molecule has 1 aromatic rings. The van der Waals surface area contributed by atoms with E-state index in [1.54, 1.807) is 0 Å². The zero-order valence-electron chi connectivity index (χ0n) is 11.6. The van der Waals surface area contributed by atoms with Crippen LogP contribution in [-0.2, 0) is 6.42 Å². The van der Waals surface area contributed by atoms with E-state index in [4.69, 9.17) is 0 Å². The number of likely N-dealkylation sites (tertiary alicyclic amines) is 1. The van der Waals surface area contributed by atoms with Crippen molar-refractivity contribution in [1.82, 2.24) is 10.2 Å². The Kier molecular flexibility index (Phi) is 5.69. The molecule has 1 N–H and O–H groups in total. The minimum absolute atomic E-state index is 0.729. The summed E-state index contributed by atoms with van der Waals surface area (Å²) in [5.74, 6) is 0. The largest absolute Gasteiger partial charge is 0.313 e. The standard InChI is InChI=1S/C16H26N2/c1-2-3-11-17-16-10-13-18(14-16)12-9-15-7-5-4-6-8-15/h4-8,16-17H,2-3,9-14H2,1H3. The minimum Gasteiger partial charge on any atom is -0.313 e. The summed E-state index contributed by atoms with van der Waals surface area (Å²) in [6.07, 6.45) is 5.10. The number of benzene rings is 1. The molecule has 0 bridgehead atoms. The van der Waals surface area contributed by atoms with Crippen LogP contribution < -0.4 is 5.32 Å². The molecular weight excluding hydrogens is 220 g/mol. The highest BCUT2D eigenvalue weighted by molar-refractivity contribution is 5.14. The summed E-state index contributed by atoms with van der Waals surface area (Å²) in [5, 5.41) is 3.67. The van der Waals surface area contributed by atoms with Crippen molar-refractivity contribution < 1.29 is 0 Å². The number of unbranched alkanes of at least 4 members (excludes halogenated alkanes) is 1. The van der Waals surface area contributed by atoms with Gasteiger partial charge in [-0.1, -0.05) is 43.7 Å². The van der Waals surface area contributed by atoms with Crippen molar-refractivity contribution in [3.8, 4) is 0 Å². The molecular formula is C16H26N2. The van der Waals surface area contributed by atoms with E-state index >= 15 is 0 Å². The second-order valence-corrected chi connectivity index (χ2v) is 5.33. The van der Waals surface area contributed by atoms with Gasteiger partial charge in [-0.25, -0.2) is 0 Å². The van der Waals surface area contributed by atoms with Gasteiger partial charge in [0, 0.05) is 19.1 Å². The van der Waals surface area contributed by atoms with E-state index in [1.807, 2.05) is 0 Å². The van der Waals surface area contributed by atoms with Crippen molar-refractivity contribution in [2.75, 3.05) is 26.2 Å². The van der Waals surface area contributed by atoms with E-state index in [2.05, 4.69) is 47.5 Å². The molecule has 0 aromatic heterocycles. The van der Waals surface area contributed by atoms with Crippen molar-refractivity contribution in [3.05, 3.63) is 35.9 Å². The van der Waals surface area contributed by atoms with Crippen molar-refractivity contribution in [3.63, 3.8) is 0 Å². The van der Waals surface area contributed by atoms with Crippen molar-refractivity contribution in [2.24, 2.45) is 0 Å². The maximum atomic E-state index is 3.67. The summed E-state index contributed by atoms with van der Waals surface area (Å²) in [5.41, 5.74) is 1.46. The summed E-state index contributed by atoms with van der Waals surface area (Å²) < 4.78 is 0. The van der Waals surface area contributed by atoms with Crippen LogP contribution in [0.15, 0.2) is 30.3 Å². The minimum atomic E-state index is 0.729. The average Bonchev–Trinajstić information content (AvgIpc) is 2.86. The molecule has 18 heavy (non-hydrogen) atoms. The summed E-state index contributed by atoms with van der Waals surface area (Å²) in [6.45, 7) is 7.14. The third-order valence-corrected chi connectivity index (χ3v) is 3.80. The smallest absolute Gasteiger partial charge is 0.0207 e. The predicted molar refractivity (Wildman–Crippen MR) is 77.9 cm³/mol. The Labute approximate surface area is 111 Å². The summed E-state index contributed by atoms with van der Waals surface area (Å²) >= 11 is 0. The fourth-order valence-electron chi connectivity index (χ4n) is 2.62. The van der Waals surface area contributed by atoms with Crippen LogP contribution in [0.2, 0.25) is 0 Å². The van der Waals surface area contributed by atoms with Crippen LogP contribution in [0.1, 0.15) is 31.7 Å². The van der Waals surface area contributed by atoms with E-state index in [0.29, 0.717) is 0 Å². The van der Waals surface area contributed by atoms with Gasteiger partial charge in [-0.3, -0.25) is 0 Å². The topological polar surface area (TPSA) is 15.3 Å². The molecule has 1 aromatic carbocycles. The number of hydrogen-bond donors (Lipinski definition) is 1. The Morgan fingerprint density at radius 1 is 1.28 bits per heavy atom. The Balaban J connectivity index is 1.64. The van der Waals surface area contributed by atoms with Crippen molar-refractivity contribution >= 4 is 0 Å². The lowest BCUT2D eigenvalue weighted by Crippen LogP contribution is -2.33. The normalized spacial score (nSPS) is 20.4. The van der Waals surface area contributed by atoms with Gasteiger partial charge in [-0.05, 0) is 37.9 Å². The maximum Gasteiger partial charge on any atom is 0.0207 e. The van der Waals surface area contributed by atoms with Crippen LogP contribution >= 0.6 is 0 Å². The lowest BCUT2D eigenvalue weighted by atomic mass is 10.1. The molecule has 0 amide bonds. The molecule has 1 aliphatic rings. The third kappa shape index (κ3) is 4.43. The molecule has 1 saturated heterocycles. The van der Waals surface area contributed by atoms with Crippen LogP contribution in [0.4, 0.5) is 0 Å². The molecule has 1 heterocycles. The van der Waals surface area contributed by atoms with E-state index in [0.717, 1.165) is 6.04 Å². The van der Waals surface area contributed by atoms with Gasteiger partial charge in [0.15, 0.2) is 0 Å². The van der Waals surface area contributed by atoms with Gasteiger partial charge in [-0.2, -0.15) is 0 Å². The number of nitrogens with one attached hydrogen (secondary N) is 1. The van der Waals surface area contributed by atoms with Gasteiger partial charge in [0.1, 0.15) is 0 Å². The van der Waals surface area contributed by atoms with Gasteiger partial charge in [0.05, 0.1) is 0 Å². The molecule has 1 aliphatic heterocycles. The van der Waals surface area contributed by atoms with E-state index in [1.165, 1.54) is 57.4 Å². The zero-order chi connectivity index (χ0) is 12.6. The lowest BCUT2D eigenvalue weighted by molar-refractivity contribution is 0.331. The van der Waals surface area contributed by atoms with Crippen LogP contribution in [0.5, 0.6) is 0 Å². The van der Waals surface area contributed by atoms with Crippen molar-refractivity contribution in [2.45, 2.75) is 38.6 Å². The zero-order valence-corrected chi connectivity index (χ0v) is 11.6. The lowest BCUT2D eigenvalue weighted by Gasteiger charge is -2.16. The Morgan fingerprint density at radius 3 is 2.89 bits per heavy atom. The summed E-state index contributed by atoms with van der Waals surface area (Å²) in [4.78, 5) is 2.59. The van der Waals surface area contributed by atoms with E-state index in [9.17, 15) is 0 Å². The fourth-order valence-corrected chi connectivity index (χ4v) is 2.62. The van der Waals surface area contributed by atoms with E-state index in [-0.39, 0.29) is 0 Å². The third-order valence-electron chi connectivity index (χ3n) is 3.80. The highest BCUT2D eigenvalue weighted by atomic mass is 15.2. The van der Waals surface area contributed by atoms with Gasteiger partial charge in [0.25, 0.3) is 0 Å². The molecule has 0 spiro atoms. The first kappa shape index (κ1) is 13.6. The second-order valence-electron chi connectivity index (χ2n) is 5.33. The Hall–Kier alpha value is -0.860. The SMILES string of the molecule is CCCCNC1CCN(CCc2ccccc2)C1. The summed E-state index contributed by atoms with van der Waals surface area (Å²) in [7, 11) is 0. The number of hydrogen-bond acceptors (Lipinski definition) is 2. The van der Waals surface area contributed by atoms with E-state index < -0.39 is 0 Å². The van der Waals surface area contributed by atoms with Crippen molar-refractivity contribution in [1.29, 1.82) is 0 Å². The quantitative estimate of drug-likeness (QED) is 0.744. The highest BCUT2D eigenvalue weighted by Gasteiger charge is 2.20. The van der Waals surface area contributed by atoms with Crippen LogP contribution in [0, 0.1) is 0 Å².